The largest absolute Gasteiger partial charge is 0.480 e. The van der Waals surface area contributed by atoms with Gasteiger partial charge in [-0.15, -0.1) is 0 Å². The number of aliphatic carboxylic acids is 1. The predicted octanol–water partition coefficient (Wildman–Crippen LogP) is 0.553. The molecule has 2 heterocycles. The van der Waals surface area contributed by atoms with E-state index in [1.807, 2.05) is 0 Å². The van der Waals surface area contributed by atoms with E-state index in [0.717, 1.165) is 10.7 Å². The number of carboxylic acids is 1. The molecule has 0 spiro atoms. The van der Waals surface area contributed by atoms with E-state index < -0.39 is 22.2 Å². The lowest BCUT2D eigenvalue weighted by atomic mass is 10.1. The number of nitrogens with one attached hydrogen (secondary N) is 1. The van der Waals surface area contributed by atoms with Crippen LogP contribution in [0.5, 0.6) is 0 Å². The summed E-state index contributed by atoms with van der Waals surface area (Å²) in [4.78, 5) is 11.1. The van der Waals surface area contributed by atoms with Gasteiger partial charge in [-0.1, -0.05) is 0 Å². The number of piperidine rings is 1. The van der Waals surface area contributed by atoms with E-state index in [1.165, 1.54) is 12.5 Å². The quantitative estimate of drug-likeness (QED) is 0.824. The molecule has 1 saturated heterocycles. The number of rotatable bonds is 5. The second-order valence-electron chi connectivity index (χ2n) is 4.42. The molecule has 106 valence electrons. The lowest BCUT2D eigenvalue weighted by Crippen LogP contribution is -2.51. The number of hydrogen-bond acceptors (Lipinski definition) is 4. The van der Waals surface area contributed by atoms with Gasteiger partial charge in [0, 0.05) is 18.7 Å². The van der Waals surface area contributed by atoms with Gasteiger partial charge in [-0.2, -0.15) is 17.4 Å². The van der Waals surface area contributed by atoms with Crippen LogP contribution in [0.15, 0.2) is 23.0 Å². The SMILES string of the molecule is O=C(O)C1CCCCN1S(=O)(=O)NCc1ccoc1. The lowest BCUT2D eigenvalue weighted by Gasteiger charge is -2.31. The molecule has 1 unspecified atom stereocenters. The van der Waals surface area contributed by atoms with Crippen LogP contribution in [0.4, 0.5) is 0 Å². The number of nitrogens with zero attached hydrogens (tertiary/aromatic N) is 1. The van der Waals surface area contributed by atoms with Crippen molar-refractivity contribution in [3.05, 3.63) is 24.2 Å². The van der Waals surface area contributed by atoms with Gasteiger partial charge in [0.25, 0.3) is 10.2 Å². The maximum absolute atomic E-state index is 12.1. The summed E-state index contributed by atoms with van der Waals surface area (Å²) in [7, 11) is -3.79. The van der Waals surface area contributed by atoms with E-state index in [0.29, 0.717) is 18.4 Å². The minimum Gasteiger partial charge on any atom is -0.480 e. The molecule has 0 radical (unpaired) electrons. The summed E-state index contributed by atoms with van der Waals surface area (Å²) in [6.07, 6.45) is 4.64. The summed E-state index contributed by atoms with van der Waals surface area (Å²) >= 11 is 0. The zero-order valence-corrected chi connectivity index (χ0v) is 11.1. The third kappa shape index (κ3) is 3.34. The van der Waals surface area contributed by atoms with Crippen LogP contribution in [0.2, 0.25) is 0 Å². The van der Waals surface area contributed by atoms with Gasteiger partial charge < -0.3 is 9.52 Å². The first-order valence-corrected chi connectivity index (χ1v) is 7.45. The highest BCUT2D eigenvalue weighted by Gasteiger charge is 2.36. The highest BCUT2D eigenvalue weighted by Crippen LogP contribution is 2.20. The fraction of sp³-hybridized carbons (Fsp3) is 0.545. The second-order valence-corrected chi connectivity index (χ2v) is 6.13. The van der Waals surface area contributed by atoms with Gasteiger partial charge in [-0.25, -0.2) is 0 Å². The van der Waals surface area contributed by atoms with E-state index in [4.69, 9.17) is 9.52 Å². The van der Waals surface area contributed by atoms with Crippen molar-refractivity contribution in [2.75, 3.05) is 6.54 Å². The first kappa shape index (κ1) is 14.0. The Labute approximate surface area is 111 Å². The zero-order chi connectivity index (χ0) is 13.9. The van der Waals surface area contributed by atoms with E-state index in [9.17, 15) is 13.2 Å². The summed E-state index contributed by atoms with van der Waals surface area (Å²) in [5, 5.41) is 9.08. The van der Waals surface area contributed by atoms with E-state index in [-0.39, 0.29) is 13.1 Å². The molecule has 1 aliphatic rings. The summed E-state index contributed by atoms with van der Waals surface area (Å²) in [5.74, 6) is -1.10. The minimum absolute atomic E-state index is 0.0850. The molecule has 1 aliphatic heterocycles. The third-order valence-electron chi connectivity index (χ3n) is 3.09. The first-order valence-electron chi connectivity index (χ1n) is 6.01. The van der Waals surface area contributed by atoms with Gasteiger partial charge in [-0.05, 0) is 25.3 Å². The zero-order valence-electron chi connectivity index (χ0n) is 10.3. The van der Waals surface area contributed by atoms with Crippen molar-refractivity contribution in [1.82, 2.24) is 9.03 Å². The van der Waals surface area contributed by atoms with Crippen molar-refractivity contribution in [3.63, 3.8) is 0 Å². The van der Waals surface area contributed by atoms with Crippen molar-refractivity contribution in [2.24, 2.45) is 0 Å². The highest BCUT2D eigenvalue weighted by atomic mass is 32.2. The van der Waals surface area contributed by atoms with Gasteiger partial charge in [0.15, 0.2) is 0 Å². The molecule has 0 amide bonds. The monoisotopic (exact) mass is 288 g/mol. The molecule has 1 aromatic heterocycles. The fourth-order valence-electron chi connectivity index (χ4n) is 2.09. The second kappa shape index (κ2) is 5.72. The average Bonchev–Trinajstić information content (AvgIpc) is 2.89. The Morgan fingerprint density at radius 2 is 2.32 bits per heavy atom. The fourth-order valence-corrected chi connectivity index (χ4v) is 3.51. The molecule has 7 nitrogen and oxygen atoms in total. The van der Waals surface area contributed by atoms with Crippen LogP contribution < -0.4 is 4.72 Å². The number of carbonyl (C=O) groups is 1. The number of carboxylic acid groups (broad SMARTS) is 1. The molecule has 0 aromatic carbocycles. The van der Waals surface area contributed by atoms with Gasteiger partial charge >= 0.3 is 5.97 Å². The molecule has 2 rings (SSSR count). The summed E-state index contributed by atoms with van der Waals surface area (Å²) in [6.45, 7) is 0.319. The highest BCUT2D eigenvalue weighted by molar-refractivity contribution is 7.87. The van der Waals surface area contributed by atoms with Gasteiger partial charge in [0.05, 0.1) is 12.5 Å². The Hall–Kier alpha value is -1.38. The number of hydrogen-bond donors (Lipinski definition) is 2. The van der Waals surface area contributed by atoms with Crippen molar-refractivity contribution >= 4 is 16.2 Å². The van der Waals surface area contributed by atoms with Crippen molar-refractivity contribution in [3.8, 4) is 0 Å². The molecule has 1 atom stereocenters. The molecule has 2 N–H and O–H groups in total. The molecule has 0 aliphatic carbocycles. The average molecular weight is 288 g/mol. The Kier molecular flexibility index (Phi) is 4.23. The van der Waals surface area contributed by atoms with Crippen LogP contribution in [0, 0.1) is 0 Å². The van der Waals surface area contributed by atoms with Crippen LogP contribution in [0.3, 0.4) is 0 Å². The smallest absolute Gasteiger partial charge is 0.322 e. The maximum atomic E-state index is 12.1. The Bertz CT molecular complexity index is 525. The Morgan fingerprint density at radius 1 is 1.53 bits per heavy atom. The molecule has 1 fully saturated rings. The van der Waals surface area contributed by atoms with Crippen molar-refractivity contribution < 1.29 is 22.7 Å². The summed E-state index contributed by atoms with van der Waals surface area (Å²) in [6, 6.07) is 0.670. The lowest BCUT2D eigenvalue weighted by molar-refractivity contribution is -0.142. The molecule has 0 bridgehead atoms. The standard InChI is InChI=1S/C11H16N2O5S/c14-11(15)10-3-1-2-5-13(10)19(16,17)12-7-9-4-6-18-8-9/h4,6,8,10,12H,1-3,5,7H2,(H,14,15). The molecule has 19 heavy (non-hydrogen) atoms. The van der Waals surface area contributed by atoms with Crippen LogP contribution in [-0.4, -0.2) is 36.4 Å². The van der Waals surface area contributed by atoms with Crippen molar-refractivity contribution in [2.45, 2.75) is 31.8 Å². The van der Waals surface area contributed by atoms with Crippen LogP contribution >= 0.6 is 0 Å². The summed E-state index contributed by atoms with van der Waals surface area (Å²) < 4.78 is 32.5. The van der Waals surface area contributed by atoms with E-state index >= 15 is 0 Å². The van der Waals surface area contributed by atoms with Crippen molar-refractivity contribution in [1.29, 1.82) is 0 Å². The van der Waals surface area contributed by atoms with Gasteiger partial charge in [0.1, 0.15) is 6.04 Å². The molecule has 8 heteroatoms. The predicted molar refractivity (Wildman–Crippen MR) is 66.4 cm³/mol. The van der Waals surface area contributed by atoms with Crippen LogP contribution in [0.1, 0.15) is 24.8 Å². The third-order valence-corrected chi connectivity index (χ3v) is 4.65. The topological polar surface area (TPSA) is 99.9 Å². The van der Waals surface area contributed by atoms with Gasteiger partial charge in [0.2, 0.25) is 0 Å². The van der Waals surface area contributed by atoms with E-state index in [1.54, 1.807) is 6.07 Å². The van der Waals surface area contributed by atoms with Crippen LogP contribution in [0.25, 0.3) is 0 Å². The number of furan rings is 1. The van der Waals surface area contributed by atoms with Crippen LogP contribution in [-0.2, 0) is 21.5 Å². The minimum atomic E-state index is -3.79. The molecular weight excluding hydrogens is 272 g/mol. The summed E-state index contributed by atoms with van der Waals surface area (Å²) in [5.41, 5.74) is 0.687. The Balaban J connectivity index is 2.06. The Morgan fingerprint density at radius 3 is 2.95 bits per heavy atom. The molecule has 0 saturated carbocycles. The first-order chi connectivity index (χ1) is 9.00. The van der Waals surface area contributed by atoms with Gasteiger partial charge in [-0.3, -0.25) is 4.79 Å². The maximum Gasteiger partial charge on any atom is 0.322 e. The molecule has 1 aromatic rings. The van der Waals surface area contributed by atoms with E-state index in [2.05, 4.69) is 4.72 Å². The normalized spacial score (nSPS) is 21.4. The molecular formula is C11H16N2O5S.